The molecule has 2 aliphatic rings. The molecule has 21 heavy (non-hydrogen) atoms. The first-order chi connectivity index (χ1) is 10.1. The number of carbonyl (C=O) groups excluding carboxylic acids is 1. The van der Waals surface area contributed by atoms with Gasteiger partial charge in [-0.2, -0.15) is 0 Å². The molecule has 2 saturated carbocycles. The first kappa shape index (κ1) is 14.2. The van der Waals surface area contributed by atoms with Crippen molar-refractivity contribution in [3.8, 4) is 11.5 Å². The lowest BCUT2D eigenvalue weighted by molar-refractivity contribution is 0.0596. The van der Waals surface area contributed by atoms with Crippen molar-refractivity contribution in [3.05, 3.63) is 23.3 Å². The quantitative estimate of drug-likeness (QED) is 0.867. The summed E-state index contributed by atoms with van der Waals surface area (Å²) in [4.78, 5) is 12.0. The van der Waals surface area contributed by atoms with E-state index in [0.29, 0.717) is 29.1 Å². The van der Waals surface area contributed by atoms with Crippen LogP contribution in [0, 0.1) is 17.8 Å². The van der Waals surface area contributed by atoms with Gasteiger partial charge in [-0.05, 0) is 48.1 Å². The number of hydrogen-bond donors (Lipinski definition) is 1. The van der Waals surface area contributed by atoms with Gasteiger partial charge in [-0.25, -0.2) is 4.79 Å². The summed E-state index contributed by atoms with van der Waals surface area (Å²) in [5, 5.41) is 10.2. The smallest absolute Gasteiger partial charge is 0.341 e. The summed E-state index contributed by atoms with van der Waals surface area (Å²) in [6.45, 7) is 2.29. The molecule has 0 aliphatic heterocycles. The Bertz CT molecular complexity index is 566. The van der Waals surface area contributed by atoms with Crippen LogP contribution >= 0.6 is 0 Å². The minimum atomic E-state index is -0.471. The van der Waals surface area contributed by atoms with E-state index >= 15 is 0 Å². The molecule has 2 aliphatic carbocycles. The molecule has 1 N–H and O–H groups in total. The van der Waals surface area contributed by atoms with Crippen molar-refractivity contribution in [1.82, 2.24) is 0 Å². The molecule has 4 nitrogen and oxygen atoms in total. The van der Waals surface area contributed by atoms with Crippen LogP contribution in [0.4, 0.5) is 0 Å². The van der Waals surface area contributed by atoms with Crippen molar-refractivity contribution in [3.63, 3.8) is 0 Å². The number of phenols is 1. The predicted molar refractivity (Wildman–Crippen MR) is 78.7 cm³/mol. The minimum Gasteiger partial charge on any atom is -0.507 e. The lowest BCUT2D eigenvalue weighted by atomic mass is 9.91. The molecule has 3 rings (SSSR count). The third kappa shape index (κ3) is 2.37. The second kappa shape index (κ2) is 5.24. The Hall–Kier alpha value is -1.71. The fraction of sp³-hybridized carbons (Fsp3) is 0.588. The van der Waals surface area contributed by atoms with Crippen LogP contribution in [0.5, 0.6) is 11.5 Å². The monoisotopic (exact) mass is 290 g/mol. The van der Waals surface area contributed by atoms with E-state index in [2.05, 4.69) is 6.92 Å². The highest BCUT2D eigenvalue weighted by molar-refractivity contribution is 5.94. The van der Waals surface area contributed by atoms with Gasteiger partial charge in [0.1, 0.15) is 17.1 Å². The molecule has 4 atom stereocenters. The summed E-state index contributed by atoms with van der Waals surface area (Å²) in [5.41, 5.74) is 1.20. The Kier molecular flexibility index (Phi) is 3.56. The van der Waals surface area contributed by atoms with Crippen LogP contribution in [0.3, 0.4) is 0 Å². The molecule has 1 aromatic rings. The van der Waals surface area contributed by atoms with Gasteiger partial charge in [0.25, 0.3) is 0 Å². The maximum Gasteiger partial charge on any atom is 0.341 e. The summed E-state index contributed by atoms with van der Waals surface area (Å²) >= 11 is 0. The van der Waals surface area contributed by atoms with E-state index in [1.807, 2.05) is 6.07 Å². The molecule has 0 amide bonds. The van der Waals surface area contributed by atoms with Gasteiger partial charge in [0.05, 0.1) is 14.2 Å². The first-order valence-electron chi connectivity index (χ1n) is 7.56. The molecule has 1 aromatic carbocycles. The number of carbonyl (C=O) groups is 1. The summed E-state index contributed by atoms with van der Waals surface area (Å²) in [6.07, 6.45) is 3.66. The number of rotatable bonds is 3. The summed E-state index contributed by atoms with van der Waals surface area (Å²) < 4.78 is 10.1. The number of methoxy groups -OCH3 is 2. The Morgan fingerprint density at radius 1 is 1.24 bits per heavy atom. The maximum absolute atomic E-state index is 12.0. The molecule has 0 spiro atoms. The average molecular weight is 290 g/mol. The maximum atomic E-state index is 12.0. The van der Waals surface area contributed by atoms with E-state index in [9.17, 15) is 9.90 Å². The molecule has 114 valence electrons. The Morgan fingerprint density at radius 3 is 2.62 bits per heavy atom. The number of hydrogen-bond acceptors (Lipinski definition) is 4. The van der Waals surface area contributed by atoms with Gasteiger partial charge in [0, 0.05) is 6.07 Å². The number of fused-ring (bicyclic) bond motifs is 1. The van der Waals surface area contributed by atoms with Crippen molar-refractivity contribution >= 4 is 5.97 Å². The molecule has 0 saturated heterocycles. The molecular weight excluding hydrogens is 268 g/mol. The SMILES string of the molecule is COC(=O)c1c(O)cc(OC)cc1C1C2CCC(C)CC21. The van der Waals surface area contributed by atoms with Crippen LogP contribution in [0.15, 0.2) is 12.1 Å². The summed E-state index contributed by atoms with van der Waals surface area (Å²) in [7, 11) is 2.91. The number of benzene rings is 1. The second-order valence-corrected chi connectivity index (χ2v) is 6.37. The Labute approximate surface area is 125 Å². The van der Waals surface area contributed by atoms with Crippen LogP contribution in [-0.4, -0.2) is 25.3 Å². The third-order valence-electron chi connectivity index (χ3n) is 5.10. The van der Waals surface area contributed by atoms with E-state index in [1.165, 1.54) is 32.4 Å². The highest BCUT2D eigenvalue weighted by Crippen LogP contribution is 2.63. The van der Waals surface area contributed by atoms with Crippen molar-refractivity contribution in [1.29, 1.82) is 0 Å². The summed E-state index contributed by atoms with van der Waals surface area (Å²) in [6, 6.07) is 3.37. The highest BCUT2D eigenvalue weighted by atomic mass is 16.5. The largest absolute Gasteiger partial charge is 0.507 e. The van der Waals surface area contributed by atoms with Crippen molar-refractivity contribution in [2.24, 2.45) is 17.8 Å². The fourth-order valence-corrected chi connectivity index (χ4v) is 4.01. The van der Waals surface area contributed by atoms with E-state index in [-0.39, 0.29) is 5.75 Å². The van der Waals surface area contributed by atoms with Crippen LogP contribution in [0.25, 0.3) is 0 Å². The highest BCUT2D eigenvalue weighted by Gasteiger charge is 2.54. The van der Waals surface area contributed by atoms with Crippen LogP contribution < -0.4 is 4.74 Å². The first-order valence-corrected chi connectivity index (χ1v) is 7.56. The average Bonchev–Trinajstić information content (AvgIpc) is 3.18. The summed E-state index contributed by atoms with van der Waals surface area (Å²) in [5.74, 6) is 2.43. The van der Waals surface area contributed by atoms with Crippen LogP contribution in [0.2, 0.25) is 0 Å². The number of phenolic OH excluding ortho intramolecular Hbond substituents is 1. The van der Waals surface area contributed by atoms with Crippen molar-refractivity contribution < 1.29 is 19.4 Å². The molecule has 0 bridgehead atoms. The van der Waals surface area contributed by atoms with Gasteiger partial charge in [-0.3, -0.25) is 0 Å². The molecule has 0 aromatic heterocycles. The molecular formula is C17H22O4. The zero-order chi connectivity index (χ0) is 15.1. The molecule has 2 fully saturated rings. The molecule has 4 unspecified atom stereocenters. The zero-order valence-corrected chi connectivity index (χ0v) is 12.8. The van der Waals surface area contributed by atoms with Gasteiger partial charge in [0.15, 0.2) is 0 Å². The van der Waals surface area contributed by atoms with Crippen LogP contribution in [-0.2, 0) is 4.74 Å². The topological polar surface area (TPSA) is 55.8 Å². The minimum absolute atomic E-state index is 0.0482. The predicted octanol–water partition coefficient (Wildman–Crippen LogP) is 3.34. The van der Waals surface area contributed by atoms with Gasteiger partial charge in [0.2, 0.25) is 0 Å². The second-order valence-electron chi connectivity index (χ2n) is 6.37. The van der Waals surface area contributed by atoms with Gasteiger partial charge in [-0.1, -0.05) is 13.3 Å². The van der Waals surface area contributed by atoms with Gasteiger partial charge >= 0.3 is 5.97 Å². The van der Waals surface area contributed by atoms with Crippen molar-refractivity contribution in [2.45, 2.75) is 32.1 Å². The molecule has 0 radical (unpaired) electrons. The number of aromatic hydroxyl groups is 1. The van der Waals surface area contributed by atoms with Gasteiger partial charge < -0.3 is 14.6 Å². The Balaban J connectivity index is 2.00. The van der Waals surface area contributed by atoms with E-state index in [0.717, 1.165) is 11.5 Å². The third-order valence-corrected chi connectivity index (χ3v) is 5.10. The fourth-order valence-electron chi connectivity index (χ4n) is 4.01. The van der Waals surface area contributed by atoms with Crippen LogP contribution in [0.1, 0.15) is 48.0 Å². The van der Waals surface area contributed by atoms with Crippen molar-refractivity contribution in [2.75, 3.05) is 14.2 Å². The zero-order valence-electron chi connectivity index (χ0n) is 12.8. The Morgan fingerprint density at radius 2 is 2.00 bits per heavy atom. The van der Waals surface area contributed by atoms with Gasteiger partial charge in [-0.15, -0.1) is 0 Å². The normalized spacial score (nSPS) is 30.4. The van der Waals surface area contributed by atoms with E-state index in [4.69, 9.17) is 9.47 Å². The number of ether oxygens (including phenoxy) is 2. The standard InChI is InChI=1S/C17H22O4/c1-9-4-5-11-12(6-9)15(11)13-7-10(20-2)8-14(18)16(13)17(19)21-3/h7-9,11-12,15,18H,4-6H2,1-3H3. The van der Waals surface area contributed by atoms with E-state index < -0.39 is 5.97 Å². The lowest BCUT2D eigenvalue weighted by Gasteiger charge is -2.15. The molecule has 4 heteroatoms. The molecule has 0 heterocycles. The number of esters is 1. The van der Waals surface area contributed by atoms with E-state index in [1.54, 1.807) is 7.11 Å². The lowest BCUT2D eigenvalue weighted by Crippen LogP contribution is -2.07.